The van der Waals surface area contributed by atoms with Crippen molar-refractivity contribution in [1.82, 2.24) is 0 Å². The lowest BCUT2D eigenvalue weighted by molar-refractivity contribution is 0.336. The van der Waals surface area contributed by atoms with Gasteiger partial charge in [-0.2, -0.15) is 0 Å². The molecular weight excluding hydrogens is 210 g/mol. The van der Waals surface area contributed by atoms with Crippen molar-refractivity contribution in [3.63, 3.8) is 0 Å². The van der Waals surface area contributed by atoms with Crippen LogP contribution in [0.4, 0.5) is 0 Å². The standard InChI is InChI=1S/C12H16ClNO/c1-2-15-12-4-3-9(13)6-11(12)10-5-8(10)7-14/h3-4,6,8,10H,2,5,7,14H2,1H3/t8-,10+/m1/s1. The maximum atomic E-state index is 5.99. The third-order valence-corrected chi connectivity index (χ3v) is 3.13. The van der Waals surface area contributed by atoms with Gasteiger partial charge >= 0.3 is 0 Å². The number of rotatable bonds is 4. The monoisotopic (exact) mass is 225 g/mol. The molecule has 1 saturated carbocycles. The largest absolute Gasteiger partial charge is 0.494 e. The zero-order valence-corrected chi connectivity index (χ0v) is 9.63. The fraction of sp³-hybridized carbons (Fsp3) is 0.500. The lowest BCUT2D eigenvalue weighted by Gasteiger charge is -2.10. The summed E-state index contributed by atoms with van der Waals surface area (Å²) < 4.78 is 5.59. The van der Waals surface area contributed by atoms with Crippen LogP contribution in [0.3, 0.4) is 0 Å². The van der Waals surface area contributed by atoms with Crippen molar-refractivity contribution >= 4 is 11.6 Å². The van der Waals surface area contributed by atoms with Gasteiger partial charge in [0.05, 0.1) is 6.61 Å². The molecular formula is C12H16ClNO. The lowest BCUT2D eigenvalue weighted by Crippen LogP contribution is -2.03. The zero-order chi connectivity index (χ0) is 10.8. The first-order valence-corrected chi connectivity index (χ1v) is 5.76. The van der Waals surface area contributed by atoms with Crippen molar-refractivity contribution < 1.29 is 4.74 Å². The highest BCUT2D eigenvalue weighted by molar-refractivity contribution is 6.30. The van der Waals surface area contributed by atoms with Crippen LogP contribution >= 0.6 is 11.6 Å². The highest BCUT2D eigenvalue weighted by Crippen LogP contribution is 2.50. The van der Waals surface area contributed by atoms with Gasteiger partial charge in [-0.15, -0.1) is 0 Å². The van der Waals surface area contributed by atoms with Crippen LogP contribution < -0.4 is 10.5 Å². The van der Waals surface area contributed by atoms with E-state index in [1.165, 1.54) is 5.56 Å². The topological polar surface area (TPSA) is 35.2 Å². The second kappa shape index (κ2) is 4.42. The first-order chi connectivity index (χ1) is 7.26. The zero-order valence-electron chi connectivity index (χ0n) is 8.87. The smallest absolute Gasteiger partial charge is 0.122 e. The van der Waals surface area contributed by atoms with E-state index in [4.69, 9.17) is 22.1 Å². The second-order valence-electron chi connectivity index (χ2n) is 3.95. The first-order valence-electron chi connectivity index (χ1n) is 5.38. The Morgan fingerprint density at radius 1 is 1.53 bits per heavy atom. The molecule has 1 aromatic rings. The van der Waals surface area contributed by atoms with Crippen LogP contribution in [0.15, 0.2) is 18.2 Å². The van der Waals surface area contributed by atoms with Crippen LogP contribution in [0, 0.1) is 5.92 Å². The molecule has 82 valence electrons. The molecule has 0 heterocycles. The van der Waals surface area contributed by atoms with Crippen LogP contribution in [0.2, 0.25) is 5.02 Å². The number of ether oxygens (including phenoxy) is 1. The fourth-order valence-corrected chi connectivity index (χ4v) is 2.17. The van der Waals surface area contributed by atoms with E-state index in [0.29, 0.717) is 18.4 Å². The number of hydrogen-bond acceptors (Lipinski definition) is 2. The van der Waals surface area contributed by atoms with Crippen molar-refractivity contribution in [3.05, 3.63) is 28.8 Å². The molecule has 2 nitrogen and oxygen atoms in total. The van der Waals surface area contributed by atoms with Crippen LogP contribution in [0.25, 0.3) is 0 Å². The molecule has 1 aliphatic rings. The summed E-state index contributed by atoms with van der Waals surface area (Å²) >= 11 is 5.99. The minimum Gasteiger partial charge on any atom is -0.494 e. The van der Waals surface area contributed by atoms with E-state index in [2.05, 4.69) is 0 Å². The van der Waals surface area contributed by atoms with E-state index >= 15 is 0 Å². The Kier molecular flexibility index (Phi) is 3.17. The van der Waals surface area contributed by atoms with Gasteiger partial charge in [-0.1, -0.05) is 11.6 Å². The molecule has 0 aromatic heterocycles. The molecule has 0 unspecified atom stereocenters. The Hall–Kier alpha value is -0.730. The molecule has 1 aromatic carbocycles. The van der Waals surface area contributed by atoms with E-state index in [1.807, 2.05) is 25.1 Å². The average molecular weight is 226 g/mol. The normalized spacial score (nSPS) is 23.9. The van der Waals surface area contributed by atoms with Crippen LogP contribution in [0.5, 0.6) is 5.75 Å². The van der Waals surface area contributed by atoms with Crippen molar-refractivity contribution in [2.45, 2.75) is 19.3 Å². The molecule has 0 radical (unpaired) electrons. The third-order valence-electron chi connectivity index (χ3n) is 2.90. The highest BCUT2D eigenvalue weighted by atomic mass is 35.5. The summed E-state index contributed by atoms with van der Waals surface area (Å²) in [6.07, 6.45) is 1.16. The molecule has 1 aliphatic carbocycles. The Morgan fingerprint density at radius 2 is 2.33 bits per heavy atom. The van der Waals surface area contributed by atoms with E-state index in [-0.39, 0.29) is 0 Å². The van der Waals surface area contributed by atoms with E-state index in [9.17, 15) is 0 Å². The van der Waals surface area contributed by atoms with Gasteiger partial charge in [0.15, 0.2) is 0 Å². The Labute approximate surface area is 95.4 Å². The summed E-state index contributed by atoms with van der Waals surface area (Å²) in [4.78, 5) is 0. The van der Waals surface area contributed by atoms with Gasteiger partial charge in [0, 0.05) is 5.02 Å². The molecule has 0 bridgehead atoms. The Bertz CT molecular complexity index is 353. The second-order valence-corrected chi connectivity index (χ2v) is 4.39. The molecule has 0 amide bonds. The van der Waals surface area contributed by atoms with E-state index < -0.39 is 0 Å². The molecule has 0 saturated heterocycles. The quantitative estimate of drug-likeness (QED) is 0.855. The van der Waals surface area contributed by atoms with Crippen molar-refractivity contribution in [1.29, 1.82) is 0 Å². The average Bonchev–Trinajstić information content (AvgIpc) is 3.00. The molecule has 1 fully saturated rings. The summed E-state index contributed by atoms with van der Waals surface area (Å²) in [6, 6.07) is 5.83. The van der Waals surface area contributed by atoms with Crippen LogP contribution in [-0.4, -0.2) is 13.2 Å². The minimum atomic E-state index is 0.551. The van der Waals surface area contributed by atoms with Gasteiger partial charge in [0.2, 0.25) is 0 Å². The van der Waals surface area contributed by atoms with Crippen LogP contribution in [0.1, 0.15) is 24.8 Å². The predicted octanol–water partition coefficient (Wildman–Crippen LogP) is 2.80. The maximum absolute atomic E-state index is 5.99. The maximum Gasteiger partial charge on any atom is 0.122 e. The van der Waals surface area contributed by atoms with Gasteiger partial charge in [-0.3, -0.25) is 0 Å². The van der Waals surface area contributed by atoms with Crippen molar-refractivity contribution in [2.24, 2.45) is 11.7 Å². The number of hydrogen-bond donors (Lipinski definition) is 1. The Balaban J connectivity index is 2.23. The number of benzene rings is 1. The predicted molar refractivity (Wildman–Crippen MR) is 62.5 cm³/mol. The first kappa shape index (κ1) is 10.8. The minimum absolute atomic E-state index is 0.551. The summed E-state index contributed by atoms with van der Waals surface area (Å²) in [6.45, 7) is 3.43. The molecule has 2 atom stereocenters. The van der Waals surface area contributed by atoms with Crippen molar-refractivity contribution in [3.8, 4) is 5.75 Å². The molecule has 3 heteroatoms. The number of halogens is 1. The SMILES string of the molecule is CCOc1ccc(Cl)cc1[C@H]1C[C@@H]1CN. The molecule has 2 rings (SSSR count). The molecule has 15 heavy (non-hydrogen) atoms. The summed E-state index contributed by atoms with van der Waals surface area (Å²) in [5.74, 6) is 2.13. The van der Waals surface area contributed by atoms with Gasteiger partial charge in [-0.05, 0) is 55.5 Å². The summed E-state index contributed by atoms with van der Waals surface area (Å²) in [5.41, 5.74) is 6.87. The summed E-state index contributed by atoms with van der Waals surface area (Å²) in [5, 5.41) is 0.774. The molecule has 0 aliphatic heterocycles. The van der Waals surface area contributed by atoms with E-state index in [0.717, 1.165) is 23.7 Å². The Morgan fingerprint density at radius 3 is 2.93 bits per heavy atom. The van der Waals surface area contributed by atoms with Gasteiger partial charge in [-0.25, -0.2) is 0 Å². The molecule has 2 N–H and O–H groups in total. The van der Waals surface area contributed by atoms with Gasteiger partial charge in [0.1, 0.15) is 5.75 Å². The number of nitrogens with two attached hydrogens (primary N) is 1. The van der Waals surface area contributed by atoms with Crippen molar-refractivity contribution in [2.75, 3.05) is 13.2 Å². The van der Waals surface area contributed by atoms with Gasteiger partial charge < -0.3 is 10.5 Å². The highest BCUT2D eigenvalue weighted by Gasteiger charge is 2.38. The lowest BCUT2D eigenvalue weighted by atomic mass is 10.1. The van der Waals surface area contributed by atoms with Gasteiger partial charge in [0.25, 0.3) is 0 Å². The van der Waals surface area contributed by atoms with Crippen LogP contribution in [-0.2, 0) is 0 Å². The molecule has 0 spiro atoms. The van der Waals surface area contributed by atoms with E-state index in [1.54, 1.807) is 0 Å². The third kappa shape index (κ3) is 2.27. The fourth-order valence-electron chi connectivity index (χ4n) is 1.99. The summed E-state index contributed by atoms with van der Waals surface area (Å²) in [7, 11) is 0.